The molecule has 0 saturated heterocycles. The Kier molecular flexibility index (Phi) is 6.79. The predicted molar refractivity (Wildman–Crippen MR) is 103 cm³/mol. The van der Waals surface area contributed by atoms with Crippen molar-refractivity contribution in [1.82, 2.24) is 10.3 Å². The minimum atomic E-state index is -0.983. The third-order valence-corrected chi connectivity index (χ3v) is 4.24. The van der Waals surface area contributed by atoms with Gasteiger partial charge in [0.05, 0.1) is 12.5 Å². The molecule has 1 aromatic carbocycles. The van der Waals surface area contributed by atoms with E-state index < -0.39 is 12.0 Å². The van der Waals surface area contributed by atoms with E-state index in [0.29, 0.717) is 21.4 Å². The number of pyridine rings is 1. The number of carboxylic acid groups (broad SMARTS) is 1. The fourth-order valence-electron chi connectivity index (χ4n) is 1.96. The average molecular weight is 449 g/mol. The molecule has 1 atom stereocenters. The molecule has 0 radical (unpaired) electrons. The topological polar surface area (TPSA) is 74.2 Å². The van der Waals surface area contributed by atoms with E-state index in [2.05, 4.69) is 31.5 Å². The number of thiocarbonyl (C=S) groups is 1. The van der Waals surface area contributed by atoms with Crippen molar-refractivity contribution in [3.8, 4) is 0 Å². The van der Waals surface area contributed by atoms with E-state index in [1.807, 2.05) is 6.07 Å². The number of nitrogens with one attached hydrogen (secondary N) is 2. The highest BCUT2D eigenvalue weighted by Gasteiger charge is 2.19. The third kappa shape index (κ3) is 5.59. The van der Waals surface area contributed by atoms with Crippen LogP contribution < -0.4 is 10.6 Å². The normalized spacial score (nSPS) is 11.6. The lowest BCUT2D eigenvalue weighted by Gasteiger charge is -2.21. The summed E-state index contributed by atoms with van der Waals surface area (Å²) in [6.45, 7) is 0. The van der Waals surface area contributed by atoms with Gasteiger partial charge >= 0.3 is 5.97 Å². The molecular weight excluding hydrogens is 437 g/mol. The molecule has 0 spiro atoms. The van der Waals surface area contributed by atoms with E-state index in [0.717, 1.165) is 4.47 Å². The van der Waals surface area contributed by atoms with Gasteiger partial charge in [0.15, 0.2) is 5.11 Å². The quantitative estimate of drug-likeness (QED) is 0.578. The first kappa shape index (κ1) is 18.9. The summed E-state index contributed by atoms with van der Waals surface area (Å²) in [4.78, 5) is 15.3. The molecule has 24 heavy (non-hydrogen) atoms. The number of carboxylic acids is 1. The zero-order valence-electron chi connectivity index (χ0n) is 12.1. The molecule has 2 rings (SSSR count). The zero-order chi connectivity index (χ0) is 17.7. The molecule has 1 aromatic heterocycles. The lowest BCUT2D eigenvalue weighted by molar-refractivity contribution is -0.137. The molecule has 1 unspecified atom stereocenters. The number of carbonyl (C=O) groups is 1. The lowest BCUT2D eigenvalue weighted by atomic mass is 10.0. The first-order chi connectivity index (χ1) is 11.3. The summed E-state index contributed by atoms with van der Waals surface area (Å²) >= 11 is 20.6. The van der Waals surface area contributed by atoms with Gasteiger partial charge in [-0.05, 0) is 58.0 Å². The van der Waals surface area contributed by atoms with Gasteiger partial charge in [0, 0.05) is 20.7 Å². The van der Waals surface area contributed by atoms with Gasteiger partial charge in [0.2, 0.25) is 0 Å². The molecule has 2 aromatic rings. The molecule has 0 aliphatic rings. The van der Waals surface area contributed by atoms with Crippen LogP contribution in [0.15, 0.2) is 41.0 Å². The van der Waals surface area contributed by atoms with Crippen LogP contribution >= 0.6 is 51.3 Å². The van der Waals surface area contributed by atoms with E-state index in [1.54, 1.807) is 30.5 Å². The number of benzene rings is 1. The van der Waals surface area contributed by atoms with Crippen molar-refractivity contribution in [1.29, 1.82) is 0 Å². The molecule has 0 amide bonds. The van der Waals surface area contributed by atoms with Crippen molar-refractivity contribution < 1.29 is 9.90 Å². The van der Waals surface area contributed by atoms with E-state index in [-0.39, 0.29) is 11.5 Å². The number of aliphatic carboxylic acids is 1. The minimum Gasteiger partial charge on any atom is -0.481 e. The van der Waals surface area contributed by atoms with Crippen LogP contribution in [-0.4, -0.2) is 21.2 Å². The first-order valence-electron chi connectivity index (χ1n) is 6.71. The summed E-state index contributed by atoms with van der Waals surface area (Å²) in [5, 5.41) is 16.1. The molecule has 0 bridgehead atoms. The Morgan fingerprint density at radius 3 is 2.67 bits per heavy atom. The number of hydrogen-bond acceptors (Lipinski definition) is 3. The Labute approximate surface area is 162 Å². The molecule has 0 fully saturated rings. The smallest absolute Gasteiger partial charge is 0.305 e. The lowest BCUT2D eigenvalue weighted by Crippen LogP contribution is -2.34. The highest BCUT2D eigenvalue weighted by Crippen LogP contribution is 2.28. The molecule has 5 nitrogen and oxygen atoms in total. The SMILES string of the molecule is O=C(O)CC(NC(=S)Nc1ccc(Br)cn1)c1ccc(Cl)cc1Cl. The molecular formula is C15H12BrCl2N3O2S. The van der Waals surface area contributed by atoms with Gasteiger partial charge in [-0.3, -0.25) is 4.79 Å². The van der Waals surface area contributed by atoms with Gasteiger partial charge in [-0.2, -0.15) is 0 Å². The van der Waals surface area contributed by atoms with Crippen LogP contribution in [-0.2, 0) is 4.79 Å². The molecule has 1 heterocycles. The Hall–Kier alpha value is -1.41. The molecule has 0 aliphatic carbocycles. The Morgan fingerprint density at radius 2 is 2.08 bits per heavy atom. The molecule has 0 saturated carbocycles. The summed E-state index contributed by atoms with van der Waals surface area (Å²) in [7, 11) is 0. The maximum Gasteiger partial charge on any atom is 0.305 e. The van der Waals surface area contributed by atoms with Crippen LogP contribution in [0.2, 0.25) is 10.0 Å². The number of aromatic nitrogens is 1. The van der Waals surface area contributed by atoms with Crippen molar-refractivity contribution in [2.24, 2.45) is 0 Å². The van der Waals surface area contributed by atoms with Gasteiger partial charge in [0.25, 0.3) is 0 Å². The Bertz CT molecular complexity index is 759. The zero-order valence-corrected chi connectivity index (χ0v) is 16.0. The number of anilines is 1. The third-order valence-electron chi connectivity index (χ3n) is 2.99. The van der Waals surface area contributed by atoms with E-state index in [1.165, 1.54) is 0 Å². The summed E-state index contributed by atoms with van der Waals surface area (Å²) < 4.78 is 0.837. The van der Waals surface area contributed by atoms with Crippen LogP contribution in [0.1, 0.15) is 18.0 Å². The molecule has 3 N–H and O–H groups in total. The molecule has 126 valence electrons. The van der Waals surface area contributed by atoms with Crippen LogP contribution in [0.3, 0.4) is 0 Å². The summed E-state index contributed by atoms with van der Waals surface area (Å²) in [5.41, 5.74) is 0.594. The van der Waals surface area contributed by atoms with Gasteiger partial charge in [-0.25, -0.2) is 4.98 Å². The van der Waals surface area contributed by atoms with Gasteiger partial charge < -0.3 is 15.7 Å². The summed E-state index contributed by atoms with van der Waals surface area (Å²) in [6.07, 6.45) is 1.42. The second-order valence-corrected chi connectivity index (χ2v) is 6.94. The van der Waals surface area contributed by atoms with E-state index >= 15 is 0 Å². The predicted octanol–water partition coefficient (Wildman–Crippen LogP) is 4.65. The first-order valence-corrected chi connectivity index (χ1v) is 8.66. The van der Waals surface area contributed by atoms with Gasteiger partial charge in [0.1, 0.15) is 5.82 Å². The summed E-state index contributed by atoms with van der Waals surface area (Å²) in [5.74, 6) is -0.449. The second kappa shape index (κ2) is 8.62. The van der Waals surface area contributed by atoms with E-state index in [9.17, 15) is 4.79 Å². The number of hydrogen-bond donors (Lipinski definition) is 3. The standard InChI is InChI=1S/C15H12BrCl2N3O2S/c16-8-1-4-13(19-7-8)21-15(24)20-12(6-14(22)23)10-3-2-9(17)5-11(10)18/h1-5,7,12H,6H2,(H,22,23)(H2,19,20,21,24). The van der Waals surface area contributed by atoms with Crippen molar-refractivity contribution >= 4 is 68.2 Å². The number of rotatable bonds is 5. The van der Waals surface area contributed by atoms with Crippen LogP contribution in [0.25, 0.3) is 0 Å². The molecule has 9 heteroatoms. The Morgan fingerprint density at radius 1 is 1.33 bits per heavy atom. The van der Waals surface area contributed by atoms with Crippen LogP contribution in [0.4, 0.5) is 5.82 Å². The van der Waals surface area contributed by atoms with Gasteiger partial charge in [-0.15, -0.1) is 0 Å². The van der Waals surface area contributed by atoms with Crippen molar-refractivity contribution in [2.45, 2.75) is 12.5 Å². The highest BCUT2D eigenvalue weighted by atomic mass is 79.9. The maximum atomic E-state index is 11.1. The second-order valence-electron chi connectivity index (χ2n) is 4.78. The minimum absolute atomic E-state index is 0.197. The van der Waals surface area contributed by atoms with Gasteiger partial charge in [-0.1, -0.05) is 29.3 Å². The largest absolute Gasteiger partial charge is 0.481 e. The average Bonchev–Trinajstić information content (AvgIpc) is 2.48. The van der Waals surface area contributed by atoms with Crippen molar-refractivity contribution in [3.63, 3.8) is 0 Å². The monoisotopic (exact) mass is 447 g/mol. The van der Waals surface area contributed by atoms with Crippen LogP contribution in [0.5, 0.6) is 0 Å². The van der Waals surface area contributed by atoms with Crippen molar-refractivity contribution in [3.05, 3.63) is 56.6 Å². The fraction of sp³-hybridized carbons (Fsp3) is 0.133. The Balaban J connectivity index is 2.14. The van der Waals surface area contributed by atoms with Crippen molar-refractivity contribution in [2.75, 3.05) is 5.32 Å². The van der Waals surface area contributed by atoms with E-state index in [4.69, 9.17) is 40.5 Å². The number of halogens is 3. The number of nitrogens with zero attached hydrogens (tertiary/aromatic N) is 1. The summed E-state index contributed by atoms with van der Waals surface area (Å²) in [6, 6.07) is 7.81. The molecule has 0 aliphatic heterocycles. The highest BCUT2D eigenvalue weighted by molar-refractivity contribution is 9.10. The van der Waals surface area contributed by atoms with Crippen LogP contribution in [0, 0.1) is 0 Å². The fourth-order valence-corrected chi connectivity index (χ4v) is 2.98. The maximum absolute atomic E-state index is 11.1.